The molecular formula is C16H25NO. The number of benzene rings is 1. The first-order valence-corrected chi connectivity index (χ1v) is 7.20. The number of hydrogen-bond donors (Lipinski definition) is 2. The molecule has 1 aliphatic rings. The molecule has 2 N–H and O–H groups in total. The van der Waals surface area contributed by atoms with E-state index in [4.69, 9.17) is 0 Å². The van der Waals surface area contributed by atoms with Gasteiger partial charge in [0.05, 0.1) is 6.10 Å². The van der Waals surface area contributed by atoms with Crippen LogP contribution in [0.3, 0.4) is 0 Å². The summed E-state index contributed by atoms with van der Waals surface area (Å²) in [5.74, 6) is 0.486. The van der Waals surface area contributed by atoms with E-state index in [0.717, 1.165) is 6.42 Å². The average molecular weight is 247 g/mol. The summed E-state index contributed by atoms with van der Waals surface area (Å²) in [6.07, 6.45) is 6.98. The van der Waals surface area contributed by atoms with E-state index in [-0.39, 0.29) is 12.1 Å². The molecule has 1 aliphatic carbocycles. The van der Waals surface area contributed by atoms with Gasteiger partial charge >= 0.3 is 0 Å². The van der Waals surface area contributed by atoms with Crippen LogP contribution in [0.15, 0.2) is 30.3 Å². The van der Waals surface area contributed by atoms with Crippen LogP contribution in [-0.2, 0) is 6.42 Å². The molecule has 0 spiro atoms. The number of aliphatic hydroxyl groups is 1. The van der Waals surface area contributed by atoms with Crippen molar-refractivity contribution < 1.29 is 5.11 Å². The molecule has 100 valence electrons. The van der Waals surface area contributed by atoms with Gasteiger partial charge in [-0.1, -0.05) is 49.6 Å². The number of likely N-dealkylation sites (N-methyl/N-ethyl adjacent to an activating group) is 1. The maximum atomic E-state index is 10.5. The van der Waals surface area contributed by atoms with Crippen LogP contribution in [0.4, 0.5) is 0 Å². The summed E-state index contributed by atoms with van der Waals surface area (Å²) in [7, 11) is 1.96. The number of rotatable bonds is 5. The lowest BCUT2D eigenvalue weighted by atomic mass is 9.81. The third-order valence-corrected chi connectivity index (χ3v) is 4.21. The Morgan fingerprint density at radius 1 is 1.17 bits per heavy atom. The van der Waals surface area contributed by atoms with Crippen LogP contribution in [0.1, 0.15) is 37.7 Å². The lowest BCUT2D eigenvalue weighted by molar-refractivity contribution is 0.0525. The highest BCUT2D eigenvalue weighted by molar-refractivity contribution is 5.16. The minimum Gasteiger partial charge on any atom is -0.391 e. The first-order valence-electron chi connectivity index (χ1n) is 7.20. The molecule has 0 heterocycles. The van der Waals surface area contributed by atoms with Gasteiger partial charge in [0.1, 0.15) is 0 Å². The van der Waals surface area contributed by atoms with Gasteiger partial charge in [-0.3, -0.25) is 0 Å². The zero-order chi connectivity index (χ0) is 12.8. The Balaban J connectivity index is 1.94. The molecule has 1 aromatic carbocycles. The highest BCUT2D eigenvalue weighted by Crippen LogP contribution is 2.28. The van der Waals surface area contributed by atoms with E-state index in [1.54, 1.807) is 0 Å². The van der Waals surface area contributed by atoms with Crippen LogP contribution in [0.2, 0.25) is 0 Å². The molecule has 2 heteroatoms. The molecule has 0 saturated heterocycles. The number of nitrogens with one attached hydrogen (secondary N) is 1. The lowest BCUT2D eigenvalue weighted by Crippen LogP contribution is -2.44. The van der Waals surface area contributed by atoms with Gasteiger partial charge in [-0.25, -0.2) is 0 Å². The molecule has 0 amide bonds. The monoisotopic (exact) mass is 247 g/mol. The average Bonchev–Trinajstić information content (AvgIpc) is 2.46. The number of aliphatic hydroxyl groups excluding tert-OH is 1. The van der Waals surface area contributed by atoms with Crippen molar-refractivity contribution in [3.05, 3.63) is 35.9 Å². The minimum atomic E-state index is -0.212. The Hall–Kier alpha value is -0.860. The topological polar surface area (TPSA) is 32.3 Å². The maximum absolute atomic E-state index is 10.5. The van der Waals surface area contributed by atoms with Crippen LogP contribution >= 0.6 is 0 Å². The van der Waals surface area contributed by atoms with Crippen LogP contribution in [0.5, 0.6) is 0 Å². The second-order valence-electron chi connectivity index (χ2n) is 5.47. The van der Waals surface area contributed by atoms with Gasteiger partial charge in [-0.05, 0) is 37.8 Å². The van der Waals surface area contributed by atoms with Gasteiger partial charge in [-0.15, -0.1) is 0 Å². The van der Waals surface area contributed by atoms with Crippen molar-refractivity contribution in [2.24, 2.45) is 5.92 Å². The molecule has 2 atom stereocenters. The van der Waals surface area contributed by atoms with Crippen LogP contribution in [0.25, 0.3) is 0 Å². The standard InChI is InChI=1S/C16H25NO/c1-17-15(12-13-8-4-2-5-9-13)16(18)14-10-6-3-7-11-14/h2,4-5,8-9,14-18H,3,6-7,10-12H2,1H3. The summed E-state index contributed by atoms with van der Waals surface area (Å²) in [5, 5.41) is 13.8. The van der Waals surface area contributed by atoms with Crippen LogP contribution in [-0.4, -0.2) is 24.3 Å². The predicted octanol–water partition coefficient (Wildman–Crippen LogP) is 2.76. The second kappa shape index (κ2) is 6.91. The molecule has 2 nitrogen and oxygen atoms in total. The Morgan fingerprint density at radius 3 is 2.44 bits per heavy atom. The highest BCUT2D eigenvalue weighted by atomic mass is 16.3. The SMILES string of the molecule is CNC(Cc1ccccc1)C(O)C1CCCCC1. The van der Waals surface area contributed by atoms with Gasteiger partial charge in [0.15, 0.2) is 0 Å². The van der Waals surface area contributed by atoms with Crippen molar-refractivity contribution in [3.63, 3.8) is 0 Å². The second-order valence-corrected chi connectivity index (χ2v) is 5.47. The van der Waals surface area contributed by atoms with E-state index in [0.29, 0.717) is 5.92 Å². The summed E-state index contributed by atoms with van der Waals surface area (Å²) in [6.45, 7) is 0. The van der Waals surface area contributed by atoms with Crippen molar-refractivity contribution in [2.75, 3.05) is 7.05 Å². The third-order valence-electron chi connectivity index (χ3n) is 4.21. The smallest absolute Gasteiger partial charge is 0.0724 e. The molecule has 0 aliphatic heterocycles. The van der Waals surface area contributed by atoms with Crippen LogP contribution < -0.4 is 5.32 Å². The molecule has 0 bridgehead atoms. The van der Waals surface area contributed by atoms with Gasteiger partial charge in [0.25, 0.3) is 0 Å². The van der Waals surface area contributed by atoms with E-state index >= 15 is 0 Å². The molecule has 0 radical (unpaired) electrons. The summed E-state index contributed by atoms with van der Waals surface area (Å²) in [6, 6.07) is 10.6. The number of hydrogen-bond acceptors (Lipinski definition) is 2. The fourth-order valence-electron chi connectivity index (χ4n) is 3.07. The molecule has 2 unspecified atom stereocenters. The summed E-state index contributed by atoms with van der Waals surface area (Å²) in [5.41, 5.74) is 1.30. The summed E-state index contributed by atoms with van der Waals surface area (Å²) >= 11 is 0. The lowest BCUT2D eigenvalue weighted by Gasteiger charge is -2.32. The Bertz CT molecular complexity index is 332. The molecule has 18 heavy (non-hydrogen) atoms. The van der Waals surface area contributed by atoms with E-state index < -0.39 is 0 Å². The van der Waals surface area contributed by atoms with E-state index in [1.807, 2.05) is 13.1 Å². The zero-order valence-electron chi connectivity index (χ0n) is 11.3. The van der Waals surface area contributed by atoms with Crippen LogP contribution in [0, 0.1) is 5.92 Å². The molecule has 1 saturated carbocycles. The van der Waals surface area contributed by atoms with Gasteiger partial charge in [0.2, 0.25) is 0 Å². The third kappa shape index (κ3) is 3.56. The van der Waals surface area contributed by atoms with E-state index in [1.165, 1.54) is 37.7 Å². The normalized spacial score (nSPS) is 20.6. The molecule has 1 aromatic rings. The minimum absolute atomic E-state index is 0.176. The van der Waals surface area contributed by atoms with Crippen molar-refractivity contribution in [2.45, 2.75) is 50.7 Å². The van der Waals surface area contributed by atoms with Gasteiger partial charge < -0.3 is 10.4 Å². The fourth-order valence-corrected chi connectivity index (χ4v) is 3.07. The quantitative estimate of drug-likeness (QED) is 0.838. The first kappa shape index (κ1) is 13.6. The Kier molecular flexibility index (Phi) is 5.21. The zero-order valence-corrected chi connectivity index (χ0v) is 11.3. The van der Waals surface area contributed by atoms with E-state index in [2.05, 4.69) is 29.6 Å². The molecule has 2 rings (SSSR count). The first-order chi connectivity index (χ1) is 8.81. The molecule has 0 aromatic heterocycles. The van der Waals surface area contributed by atoms with Gasteiger partial charge in [-0.2, -0.15) is 0 Å². The van der Waals surface area contributed by atoms with Crippen molar-refractivity contribution >= 4 is 0 Å². The Labute approximate surface area is 110 Å². The largest absolute Gasteiger partial charge is 0.391 e. The fraction of sp³-hybridized carbons (Fsp3) is 0.625. The summed E-state index contributed by atoms with van der Waals surface area (Å²) in [4.78, 5) is 0. The van der Waals surface area contributed by atoms with Crippen molar-refractivity contribution in [3.8, 4) is 0 Å². The molecular weight excluding hydrogens is 222 g/mol. The maximum Gasteiger partial charge on any atom is 0.0724 e. The highest BCUT2D eigenvalue weighted by Gasteiger charge is 2.27. The Morgan fingerprint density at radius 2 is 1.83 bits per heavy atom. The van der Waals surface area contributed by atoms with E-state index in [9.17, 15) is 5.11 Å². The van der Waals surface area contributed by atoms with Crippen molar-refractivity contribution in [1.29, 1.82) is 0 Å². The predicted molar refractivity (Wildman–Crippen MR) is 75.6 cm³/mol. The summed E-state index contributed by atoms with van der Waals surface area (Å²) < 4.78 is 0. The molecule has 1 fully saturated rings. The van der Waals surface area contributed by atoms with Crippen molar-refractivity contribution in [1.82, 2.24) is 5.32 Å². The van der Waals surface area contributed by atoms with Gasteiger partial charge in [0, 0.05) is 6.04 Å².